The van der Waals surface area contributed by atoms with Crippen LogP contribution in [0.1, 0.15) is 11.1 Å². The summed E-state index contributed by atoms with van der Waals surface area (Å²) in [7, 11) is 0. The Hall–Kier alpha value is -1.34. The molecule has 0 spiro atoms. The zero-order chi connectivity index (χ0) is 15.7. The van der Waals surface area contributed by atoms with E-state index in [0.29, 0.717) is 19.1 Å². The zero-order valence-electron chi connectivity index (χ0n) is 13.2. The first-order valence-electron chi connectivity index (χ1n) is 7.75. The van der Waals surface area contributed by atoms with Gasteiger partial charge in [0.2, 0.25) is 0 Å². The van der Waals surface area contributed by atoms with E-state index in [9.17, 15) is 5.11 Å². The molecule has 4 rings (SSSR count). The van der Waals surface area contributed by atoms with Crippen LogP contribution in [0, 0.1) is 0 Å². The van der Waals surface area contributed by atoms with Gasteiger partial charge in [-0.05, 0) is 5.56 Å². The van der Waals surface area contributed by atoms with E-state index in [1.807, 2.05) is 41.3 Å². The van der Waals surface area contributed by atoms with Crippen molar-refractivity contribution in [1.29, 1.82) is 0 Å². The second kappa shape index (κ2) is 7.27. The van der Waals surface area contributed by atoms with E-state index in [4.69, 9.17) is 0 Å². The van der Waals surface area contributed by atoms with Crippen LogP contribution in [0.25, 0.3) is 0 Å². The number of aliphatic imine (C=N–C) groups is 1. The van der Waals surface area contributed by atoms with Gasteiger partial charge in [-0.2, -0.15) is 0 Å². The number of hydrogen-bond acceptors (Lipinski definition) is 5. The van der Waals surface area contributed by atoms with E-state index in [-0.39, 0.29) is 17.0 Å². The molecule has 24 heavy (non-hydrogen) atoms. The van der Waals surface area contributed by atoms with Crippen LogP contribution in [0.15, 0.2) is 65.7 Å². The fraction of sp³-hybridized carbons (Fsp3) is 0.278. The number of rotatable bonds is 3. The number of fused-ring (bicyclic) bond motifs is 1. The fourth-order valence-electron chi connectivity index (χ4n) is 3.08. The first-order chi connectivity index (χ1) is 11.3. The molecule has 0 bridgehead atoms. The highest BCUT2D eigenvalue weighted by atomic mass is 79.9. The lowest BCUT2D eigenvalue weighted by molar-refractivity contribution is -0.0747. The Balaban J connectivity index is 0.00000169. The topological polar surface area (TPSA) is 39.1 Å². The minimum atomic E-state index is -0.972. The number of hydrogen-bond donors (Lipinski definition) is 1. The van der Waals surface area contributed by atoms with Crippen LogP contribution in [0.3, 0.4) is 0 Å². The number of amidine groups is 1. The van der Waals surface area contributed by atoms with Crippen LogP contribution >= 0.6 is 28.7 Å². The lowest BCUT2D eigenvalue weighted by atomic mass is 10.0. The smallest absolute Gasteiger partial charge is 0.176 e. The van der Waals surface area contributed by atoms with Crippen LogP contribution in [0.4, 0.5) is 0 Å². The second-order valence-electron chi connectivity index (χ2n) is 5.94. The molecule has 0 saturated carbocycles. The summed E-state index contributed by atoms with van der Waals surface area (Å²) in [6.07, 6.45) is 0. The number of thioether (sulfide) groups is 1. The van der Waals surface area contributed by atoms with Crippen molar-refractivity contribution in [3.63, 3.8) is 0 Å². The third kappa shape index (κ3) is 3.24. The molecule has 1 N–H and O–H groups in total. The number of nitrogens with zero attached hydrogens (tertiary/aromatic N) is 3. The predicted molar refractivity (Wildman–Crippen MR) is 104 cm³/mol. The van der Waals surface area contributed by atoms with Gasteiger partial charge in [0.1, 0.15) is 0 Å². The van der Waals surface area contributed by atoms with Crippen molar-refractivity contribution in [2.45, 2.75) is 12.3 Å². The first-order valence-corrected chi connectivity index (χ1v) is 8.73. The highest BCUT2D eigenvalue weighted by molar-refractivity contribution is 8.93. The maximum atomic E-state index is 11.2. The molecule has 1 fully saturated rings. The van der Waals surface area contributed by atoms with E-state index >= 15 is 0 Å². The van der Waals surface area contributed by atoms with Crippen molar-refractivity contribution in [2.24, 2.45) is 4.99 Å². The quantitative estimate of drug-likeness (QED) is 0.850. The van der Waals surface area contributed by atoms with Gasteiger partial charge in [0.25, 0.3) is 0 Å². The second-order valence-corrected chi connectivity index (χ2v) is 6.88. The summed E-state index contributed by atoms with van der Waals surface area (Å²) in [6.45, 7) is 2.20. The maximum Gasteiger partial charge on any atom is 0.176 e. The van der Waals surface area contributed by atoms with Crippen LogP contribution in [-0.4, -0.2) is 39.2 Å². The van der Waals surface area contributed by atoms with E-state index in [1.165, 1.54) is 5.56 Å². The van der Waals surface area contributed by atoms with Gasteiger partial charge in [0, 0.05) is 12.1 Å². The van der Waals surface area contributed by atoms with Gasteiger partial charge in [0.05, 0.1) is 19.1 Å². The van der Waals surface area contributed by atoms with Gasteiger partial charge in [-0.25, -0.2) is 4.99 Å². The molecule has 2 aliphatic heterocycles. The molecule has 126 valence electrons. The summed E-state index contributed by atoms with van der Waals surface area (Å²) in [5, 5.41) is 12.2. The number of aliphatic hydroxyl groups is 1. The SMILES string of the molecule is Br.OC1(c2ccccc2)CSC2=NCN(Cc3ccccc3)CN21. The molecule has 1 unspecified atom stereocenters. The average molecular weight is 406 g/mol. The van der Waals surface area contributed by atoms with Crippen molar-refractivity contribution in [1.82, 2.24) is 9.80 Å². The molecular weight excluding hydrogens is 386 g/mol. The van der Waals surface area contributed by atoms with Gasteiger partial charge >= 0.3 is 0 Å². The van der Waals surface area contributed by atoms with E-state index in [2.05, 4.69) is 34.2 Å². The van der Waals surface area contributed by atoms with E-state index in [1.54, 1.807) is 11.8 Å². The van der Waals surface area contributed by atoms with Gasteiger partial charge < -0.3 is 10.0 Å². The summed E-state index contributed by atoms with van der Waals surface area (Å²) >= 11 is 1.64. The van der Waals surface area contributed by atoms with Crippen LogP contribution in [0.5, 0.6) is 0 Å². The molecular formula is C18H20BrN3OS. The van der Waals surface area contributed by atoms with Crippen molar-refractivity contribution in [3.8, 4) is 0 Å². The maximum absolute atomic E-state index is 11.2. The summed E-state index contributed by atoms with van der Waals surface area (Å²) in [5.74, 6) is 0.620. The Bertz CT molecular complexity index is 713. The van der Waals surface area contributed by atoms with Crippen molar-refractivity contribution in [3.05, 3.63) is 71.8 Å². The highest BCUT2D eigenvalue weighted by Gasteiger charge is 2.46. The Labute approximate surface area is 157 Å². The fourth-order valence-corrected chi connectivity index (χ4v) is 4.25. The number of halogens is 1. The highest BCUT2D eigenvalue weighted by Crippen LogP contribution is 2.40. The molecule has 1 saturated heterocycles. The predicted octanol–water partition coefficient (Wildman–Crippen LogP) is 3.25. The van der Waals surface area contributed by atoms with E-state index < -0.39 is 5.72 Å². The van der Waals surface area contributed by atoms with E-state index in [0.717, 1.165) is 17.3 Å². The third-order valence-corrected chi connectivity index (χ3v) is 5.47. The van der Waals surface area contributed by atoms with Gasteiger partial charge in [-0.15, -0.1) is 17.0 Å². The van der Waals surface area contributed by atoms with Crippen LogP contribution in [0.2, 0.25) is 0 Å². The molecule has 1 atom stereocenters. The largest absolute Gasteiger partial charge is 0.366 e. The Morgan fingerprint density at radius 3 is 2.42 bits per heavy atom. The molecule has 2 aliphatic rings. The molecule has 2 aromatic rings. The first kappa shape index (κ1) is 17.5. The van der Waals surface area contributed by atoms with Crippen LogP contribution in [-0.2, 0) is 12.3 Å². The van der Waals surface area contributed by atoms with Gasteiger partial charge in [0.15, 0.2) is 10.9 Å². The minimum Gasteiger partial charge on any atom is -0.366 e. The minimum absolute atomic E-state index is 0. The van der Waals surface area contributed by atoms with Crippen molar-refractivity contribution >= 4 is 33.9 Å². The van der Waals surface area contributed by atoms with Crippen molar-refractivity contribution < 1.29 is 5.11 Å². The zero-order valence-corrected chi connectivity index (χ0v) is 15.7. The third-order valence-electron chi connectivity index (χ3n) is 4.31. The summed E-state index contributed by atoms with van der Waals surface area (Å²) in [4.78, 5) is 8.94. The Morgan fingerprint density at radius 2 is 1.71 bits per heavy atom. The molecule has 0 radical (unpaired) electrons. The molecule has 4 nitrogen and oxygen atoms in total. The molecule has 0 aliphatic carbocycles. The van der Waals surface area contributed by atoms with Crippen molar-refractivity contribution in [2.75, 3.05) is 19.1 Å². The van der Waals surface area contributed by atoms with Crippen LogP contribution < -0.4 is 0 Å². The summed E-state index contributed by atoms with van der Waals surface area (Å²) < 4.78 is 0. The number of benzene rings is 2. The Morgan fingerprint density at radius 1 is 1.04 bits per heavy atom. The van der Waals surface area contributed by atoms with Gasteiger partial charge in [-0.3, -0.25) is 4.90 Å². The monoisotopic (exact) mass is 405 g/mol. The molecule has 2 aromatic carbocycles. The Kier molecular flexibility index (Phi) is 5.30. The molecule has 0 aromatic heterocycles. The molecule has 2 heterocycles. The normalized spacial score (nSPS) is 23.4. The lowest BCUT2D eigenvalue weighted by Gasteiger charge is -2.40. The van der Waals surface area contributed by atoms with Gasteiger partial charge in [-0.1, -0.05) is 72.4 Å². The standard InChI is InChI=1S/C18H19N3OS.BrH/c22-18(16-9-5-2-6-10-16)12-23-17-19-13-20(14-21(17)18)11-15-7-3-1-4-8-15;/h1-10,22H,11-14H2;1H. The summed E-state index contributed by atoms with van der Waals surface area (Å²) in [5.41, 5.74) is 1.22. The molecule has 0 amide bonds. The average Bonchev–Trinajstić information content (AvgIpc) is 2.95. The lowest BCUT2D eigenvalue weighted by Crippen LogP contribution is -2.52. The summed E-state index contributed by atoms with van der Waals surface area (Å²) in [6, 6.07) is 20.3. The molecule has 6 heteroatoms.